The minimum absolute atomic E-state index is 0.0764. The molecule has 0 saturated heterocycles. The molecule has 3 aromatic carbocycles. The van der Waals surface area contributed by atoms with Crippen LogP contribution in [-0.4, -0.2) is 26.4 Å². The van der Waals surface area contributed by atoms with Gasteiger partial charge in [0.2, 0.25) is 0 Å². The van der Waals surface area contributed by atoms with Crippen LogP contribution in [0, 0.1) is 0 Å². The Morgan fingerprint density at radius 3 is 2.61 bits per heavy atom. The van der Waals surface area contributed by atoms with E-state index in [0.29, 0.717) is 10.8 Å². The van der Waals surface area contributed by atoms with E-state index >= 15 is 0 Å². The molecule has 0 amide bonds. The number of pyridine rings is 1. The largest absolute Gasteiger partial charge is 0.489 e. The monoisotopic (exact) mass is 497 g/mol. The first-order valence-electron chi connectivity index (χ1n) is 11.6. The molecule has 2 aromatic heterocycles. The van der Waals surface area contributed by atoms with Gasteiger partial charge in [0.1, 0.15) is 24.2 Å². The van der Waals surface area contributed by atoms with Crippen LogP contribution in [0.1, 0.15) is 22.5 Å². The van der Waals surface area contributed by atoms with Crippen molar-refractivity contribution >= 4 is 22.5 Å². The van der Waals surface area contributed by atoms with Gasteiger partial charge in [0, 0.05) is 36.1 Å². The third-order valence-corrected chi connectivity index (χ3v) is 7.49. The van der Waals surface area contributed by atoms with Crippen molar-refractivity contribution in [3.05, 3.63) is 111 Å². The minimum Gasteiger partial charge on any atom is -0.489 e. The fourth-order valence-electron chi connectivity index (χ4n) is 5.21. The summed E-state index contributed by atoms with van der Waals surface area (Å²) >= 11 is 6.62. The van der Waals surface area contributed by atoms with Crippen molar-refractivity contribution in [2.45, 2.75) is 12.1 Å². The highest BCUT2D eigenvalue weighted by atomic mass is 35.5. The lowest BCUT2D eigenvalue weighted by atomic mass is 9.80. The molecule has 0 aliphatic carbocycles. The lowest BCUT2D eigenvalue weighted by Gasteiger charge is -2.34. The number of nitrogens with one attached hydrogen (secondary N) is 1. The Morgan fingerprint density at radius 2 is 1.83 bits per heavy atom. The Bertz CT molecular complexity index is 1710. The van der Waals surface area contributed by atoms with E-state index in [1.54, 1.807) is 24.0 Å². The average Bonchev–Trinajstić information content (AvgIpc) is 3.32. The van der Waals surface area contributed by atoms with E-state index in [2.05, 4.69) is 27.6 Å². The number of hydrogen-bond donors (Lipinski definition) is 1. The zero-order valence-corrected chi connectivity index (χ0v) is 20.9. The van der Waals surface area contributed by atoms with Gasteiger partial charge in [0.05, 0.1) is 5.52 Å². The van der Waals surface area contributed by atoms with E-state index in [1.165, 1.54) is 0 Å². The standard InChI is InChI=1S/C28H24ClN5O2/c1-30-28(27-32-31-16-33(27)2)19-7-9-24(29)18(11-19)15-36-21-6-4-5-17(12-21)22-14-26(35)34(3)25-10-8-20(28)13-23(22)25/h4-14,16,30H,15H2,1-3H3. The number of ether oxygens (including phenoxy) is 1. The summed E-state index contributed by atoms with van der Waals surface area (Å²) in [4.78, 5) is 12.9. The molecule has 0 saturated carbocycles. The Labute approximate surface area is 212 Å². The van der Waals surface area contributed by atoms with Crippen molar-refractivity contribution in [1.29, 1.82) is 0 Å². The summed E-state index contributed by atoms with van der Waals surface area (Å²) in [7, 11) is 5.63. The zero-order valence-electron chi connectivity index (χ0n) is 20.1. The number of aryl methyl sites for hydroxylation is 2. The molecule has 1 aliphatic heterocycles. The quantitative estimate of drug-likeness (QED) is 0.391. The van der Waals surface area contributed by atoms with Crippen LogP contribution in [0.4, 0.5) is 0 Å². The van der Waals surface area contributed by atoms with Crippen LogP contribution in [0.3, 0.4) is 0 Å². The van der Waals surface area contributed by atoms with Crippen LogP contribution >= 0.6 is 11.6 Å². The maximum Gasteiger partial charge on any atom is 0.251 e. The van der Waals surface area contributed by atoms with Gasteiger partial charge in [-0.2, -0.15) is 0 Å². The molecule has 6 rings (SSSR count). The highest BCUT2D eigenvalue weighted by Gasteiger charge is 2.40. The second-order valence-electron chi connectivity index (χ2n) is 9.08. The van der Waals surface area contributed by atoms with Gasteiger partial charge in [0.15, 0.2) is 5.82 Å². The Kier molecular flexibility index (Phi) is 5.21. The summed E-state index contributed by atoms with van der Waals surface area (Å²) in [5.74, 6) is 1.42. The molecule has 3 heterocycles. The molecular formula is C28H24ClN5O2. The van der Waals surface area contributed by atoms with E-state index in [1.807, 2.05) is 67.2 Å². The van der Waals surface area contributed by atoms with Gasteiger partial charge in [-0.05, 0) is 65.7 Å². The molecule has 8 heteroatoms. The maximum atomic E-state index is 12.9. The van der Waals surface area contributed by atoms with Crippen LogP contribution in [0.25, 0.3) is 22.0 Å². The molecule has 1 unspecified atom stereocenters. The number of aromatic nitrogens is 4. The first-order valence-corrected chi connectivity index (χ1v) is 12.0. The van der Waals surface area contributed by atoms with E-state index in [-0.39, 0.29) is 12.2 Å². The van der Waals surface area contributed by atoms with Gasteiger partial charge in [-0.1, -0.05) is 35.9 Å². The second-order valence-corrected chi connectivity index (χ2v) is 9.48. The van der Waals surface area contributed by atoms with E-state index in [4.69, 9.17) is 16.3 Å². The van der Waals surface area contributed by atoms with Crippen LogP contribution in [0.15, 0.2) is 77.9 Å². The Morgan fingerprint density at radius 1 is 1.03 bits per heavy atom. The van der Waals surface area contributed by atoms with Crippen molar-refractivity contribution in [1.82, 2.24) is 24.6 Å². The van der Waals surface area contributed by atoms with Gasteiger partial charge in [-0.15, -0.1) is 10.2 Å². The van der Waals surface area contributed by atoms with Gasteiger partial charge in [-0.3, -0.25) is 4.79 Å². The minimum atomic E-state index is -0.850. The number of rotatable bonds is 2. The number of nitrogens with zero attached hydrogens (tertiary/aromatic N) is 4. The molecule has 1 atom stereocenters. The first kappa shape index (κ1) is 22.5. The summed E-state index contributed by atoms with van der Waals surface area (Å²) in [5.41, 5.74) is 4.41. The van der Waals surface area contributed by atoms with Crippen molar-refractivity contribution in [3.8, 4) is 16.9 Å². The lowest BCUT2D eigenvalue weighted by Crippen LogP contribution is -2.44. The van der Waals surface area contributed by atoms with Gasteiger partial charge < -0.3 is 19.2 Å². The van der Waals surface area contributed by atoms with Gasteiger partial charge >= 0.3 is 0 Å². The van der Waals surface area contributed by atoms with Crippen molar-refractivity contribution in [2.24, 2.45) is 14.1 Å². The zero-order chi connectivity index (χ0) is 25.0. The number of benzene rings is 3. The smallest absolute Gasteiger partial charge is 0.251 e. The third kappa shape index (κ3) is 3.27. The molecule has 0 radical (unpaired) electrons. The first-order chi connectivity index (χ1) is 17.4. The van der Waals surface area contributed by atoms with Crippen LogP contribution in [0.5, 0.6) is 5.75 Å². The molecule has 1 aliphatic rings. The molecular weight excluding hydrogens is 474 g/mol. The fraction of sp³-hybridized carbons (Fsp3) is 0.179. The topological polar surface area (TPSA) is 74.0 Å². The third-order valence-electron chi connectivity index (χ3n) is 7.12. The molecule has 1 N–H and O–H groups in total. The van der Waals surface area contributed by atoms with Gasteiger partial charge in [-0.25, -0.2) is 0 Å². The number of hydrogen-bond acceptors (Lipinski definition) is 5. The summed E-state index contributed by atoms with van der Waals surface area (Å²) in [6, 6.07) is 21.6. The summed E-state index contributed by atoms with van der Waals surface area (Å²) in [5, 5.41) is 13.8. The van der Waals surface area contributed by atoms with Crippen LogP contribution in [0.2, 0.25) is 5.02 Å². The van der Waals surface area contributed by atoms with Crippen LogP contribution < -0.4 is 15.6 Å². The molecule has 36 heavy (non-hydrogen) atoms. The fourth-order valence-corrected chi connectivity index (χ4v) is 5.39. The molecule has 180 valence electrons. The Balaban J connectivity index is 1.79. The number of fused-ring (bicyclic) bond motifs is 6. The summed E-state index contributed by atoms with van der Waals surface area (Å²) in [6.07, 6.45) is 1.69. The second kappa shape index (κ2) is 8.33. The Hall–Kier alpha value is -3.94. The van der Waals surface area contributed by atoms with Gasteiger partial charge in [0.25, 0.3) is 5.56 Å². The van der Waals surface area contributed by atoms with E-state index in [0.717, 1.165) is 44.5 Å². The summed E-state index contributed by atoms with van der Waals surface area (Å²) in [6.45, 7) is 0.290. The molecule has 7 nitrogen and oxygen atoms in total. The predicted octanol–water partition coefficient (Wildman–Crippen LogP) is 4.39. The van der Waals surface area contributed by atoms with E-state index < -0.39 is 5.54 Å². The molecule has 0 spiro atoms. The summed E-state index contributed by atoms with van der Waals surface area (Å²) < 4.78 is 9.77. The SMILES string of the molecule is CNC1(c2nncn2C)c2ccc(Cl)c(c2)COc2cccc(c2)-c2cc(=O)n(C)c3ccc1cc23. The molecule has 6 bridgehead atoms. The predicted molar refractivity (Wildman–Crippen MR) is 140 cm³/mol. The average molecular weight is 498 g/mol. The van der Waals surface area contributed by atoms with Crippen molar-refractivity contribution in [3.63, 3.8) is 0 Å². The van der Waals surface area contributed by atoms with Crippen LogP contribution in [-0.2, 0) is 26.2 Å². The number of halogens is 1. The van der Waals surface area contributed by atoms with Crippen molar-refractivity contribution < 1.29 is 4.74 Å². The lowest BCUT2D eigenvalue weighted by molar-refractivity contribution is 0.306. The normalized spacial score (nSPS) is 16.8. The van der Waals surface area contributed by atoms with E-state index in [9.17, 15) is 4.79 Å². The highest BCUT2D eigenvalue weighted by molar-refractivity contribution is 6.31. The van der Waals surface area contributed by atoms with Crippen molar-refractivity contribution in [2.75, 3.05) is 7.05 Å². The molecule has 0 fully saturated rings. The highest BCUT2D eigenvalue weighted by Crippen LogP contribution is 2.40. The molecule has 5 aromatic rings. The maximum absolute atomic E-state index is 12.9.